The third-order valence-corrected chi connectivity index (χ3v) is 5.90. The Kier molecular flexibility index (Phi) is 8.20. The summed E-state index contributed by atoms with van der Waals surface area (Å²) in [5.41, 5.74) is 2.46. The van der Waals surface area contributed by atoms with Gasteiger partial charge in [-0.1, -0.05) is 12.1 Å². The van der Waals surface area contributed by atoms with Crippen LogP contribution in [0.4, 0.5) is 5.69 Å². The lowest BCUT2D eigenvalue weighted by Gasteiger charge is -2.35. The number of ether oxygens (including phenoxy) is 1. The average Bonchev–Trinajstić information content (AvgIpc) is 2.77. The van der Waals surface area contributed by atoms with Gasteiger partial charge in [-0.05, 0) is 74.6 Å². The van der Waals surface area contributed by atoms with Crippen LogP contribution in [0.5, 0.6) is 5.75 Å². The maximum Gasteiger partial charge on any atom is 0.225 e. The van der Waals surface area contributed by atoms with Gasteiger partial charge in [0.1, 0.15) is 5.75 Å². The third kappa shape index (κ3) is 6.91. The van der Waals surface area contributed by atoms with Gasteiger partial charge in [0.05, 0.1) is 13.2 Å². The van der Waals surface area contributed by atoms with Crippen LogP contribution in [-0.2, 0) is 11.3 Å². The molecule has 0 radical (unpaired) electrons. The van der Waals surface area contributed by atoms with Crippen molar-refractivity contribution < 1.29 is 19.4 Å². The standard InChI is InChI=1S/C25H32N2O4/c1-18(28)20-6-8-21(9-7-20)26-25(30)14-15-27(22-10-12-23(29)13-11-22)17-19-4-3-5-24(16-19)31-2/h3-9,16,22-23,29H,10-15,17H2,1-2H3,(H,26,30). The first-order chi connectivity index (χ1) is 14.9. The van der Waals surface area contributed by atoms with Crippen molar-refractivity contribution in [1.82, 2.24) is 4.90 Å². The molecule has 2 N–H and O–H groups in total. The lowest BCUT2D eigenvalue weighted by atomic mass is 9.91. The van der Waals surface area contributed by atoms with Gasteiger partial charge in [-0.3, -0.25) is 14.5 Å². The number of amides is 1. The highest BCUT2D eigenvalue weighted by Gasteiger charge is 2.25. The summed E-state index contributed by atoms with van der Waals surface area (Å²) in [5, 5.41) is 12.8. The van der Waals surface area contributed by atoms with Gasteiger partial charge in [0.15, 0.2) is 5.78 Å². The van der Waals surface area contributed by atoms with Crippen molar-refractivity contribution >= 4 is 17.4 Å². The molecule has 0 unspecified atom stereocenters. The van der Waals surface area contributed by atoms with E-state index in [1.807, 2.05) is 18.2 Å². The number of rotatable bonds is 9. The fraction of sp³-hybridized carbons (Fsp3) is 0.440. The van der Waals surface area contributed by atoms with Crippen LogP contribution in [-0.4, -0.2) is 47.5 Å². The minimum absolute atomic E-state index is 0.00339. The Morgan fingerprint density at radius 1 is 1.10 bits per heavy atom. The highest BCUT2D eigenvalue weighted by Crippen LogP contribution is 2.25. The maximum absolute atomic E-state index is 12.6. The second-order valence-electron chi connectivity index (χ2n) is 8.22. The molecule has 1 aliphatic rings. The Morgan fingerprint density at radius 2 is 1.81 bits per heavy atom. The predicted molar refractivity (Wildman–Crippen MR) is 121 cm³/mol. The Hall–Kier alpha value is -2.70. The van der Waals surface area contributed by atoms with E-state index >= 15 is 0 Å². The maximum atomic E-state index is 12.6. The summed E-state index contributed by atoms with van der Waals surface area (Å²) in [6.45, 7) is 2.89. The largest absolute Gasteiger partial charge is 0.497 e. The molecule has 0 bridgehead atoms. The molecule has 1 saturated carbocycles. The van der Waals surface area contributed by atoms with Crippen LogP contribution < -0.4 is 10.1 Å². The summed E-state index contributed by atoms with van der Waals surface area (Å²) in [6, 6.07) is 15.3. The number of carbonyl (C=O) groups is 2. The number of nitrogens with zero attached hydrogens (tertiary/aromatic N) is 1. The van der Waals surface area contributed by atoms with Gasteiger partial charge >= 0.3 is 0 Å². The van der Waals surface area contributed by atoms with E-state index in [1.165, 1.54) is 6.92 Å². The van der Waals surface area contributed by atoms with E-state index in [9.17, 15) is 14.7 Å². The summed E-state index contributed by atoms with van der Waals surface area (Å²) in [7, 11) is 1.66. The summed E-state index contributed by atoms with van der Waals surface area (Å²) in [6.07, 6.45) is 3.62. The lowest BCUT2D eigenvalue weighted by molar-refractivity contribution is -0.116. The summed E-state index contributed by atoms with van der Waals surface area (Å²) in [4.78, 5) is 26.3. The number of benzene rings is 2. The van der Waals surface area contributed by atoms with Crippen molar-refractivity contribution in [1.29, 1.82) is 0 Å². The molecule has 1 fully saturated rings. The molecule has 0 aliphatic heterocycles. The molecule has 166 valence electrons. The Balaban J connectivity index is 1.61. The molecule has 3 rings (SSSR count). The third-order valence-electron chi connectivity index (χ3n) is 5.90. The zero-order valence-corrected chi connectivity index (χ0v) is 18.3. The second-order valence-corrected chi connectivity index (χ2v) is 8.22. The first kappa shape index (κ1) is 23.0. The molecule has 1 aliphatic carbocycles. The van der Waals surface area contributed by atoms with Crippen LogP contribution >= 0.6 is 0 Å². The minimum atomic E-state index is -0.212. The van der Waals surface area contributed by atoms with Crippen LogP contribution in [0.2, 0.25) is 0 Å². The molecule has 0 saturated heterocycles. The van der Waals surface area contributed by atoms with Crippen molar-refractivity contribution in [2.24, 2.45) is 0 Å². The van der Waals surface area contributed by atoms with Gasteiger partial charge in [-0.15, -0.1) is 0 Å². The van der Waals surface area contributed by atoms with E-state index in [1.54, 1.807) is 31.4 Å². The number of methoxy groups -OCH3 is 1. The number of anilines is 1. The lowest BCUT2D eigenvalue weighted by Crippen LogP contribution is -2.40. The summed E-state index contributed by atoms with van der Waals surface area (Å²) < 4.78 is 5.35. The number of hydrogen-bond acceptors (Lipinski definition) is 5. The smallest absolute Gasteiger partial charge is 0.225 e. The molecule has 2 aromatic carbocycles. The van der Waals surface area contributed by atoms with E-state index in [-0.39, 0.29) is 17.8 Å². The quantitative estimate of drug-likeness (QED) is 0.594. The van der Waals surface area contributed by atoms with Crippen LogP contribution in [0.1, 0.15) is 54.9 Å². The first-order valence-corrected chi connectivity index (χ1v) is 10.9. The van der Waals surface area contributed by atoms with Crippen molar-refractivity contribution in [3.63, 3.8) is 0 Å². The van der Waals surface area contributed by atoms with Crippen molar-refractivity contribution in [3.8, 4) is 5.75 Å². The van der Waals surface area contributed by atoms with E-state index in [2.05, 4.69) is 16.3 Å². The van der Waals surface area contributed by atoms with Gasteiger partial charge in [0.25, 0.3) is 0 Å². The van der Waals surface area contributed by atoms with Gasteiger partial charge < -0.3 is 15.2 Å². The number of nitrogens with one attached hydrogen (secondary N) is 1. The van der Waals surface area contributed by atoms with Crippen molar-refractivity contribution in [2.75, 3.05) is 19.0 Å². The highest BCUT2D eigenvalue weighted by atomic mass is 16.5. The molecular weight excluding hydrogens is 392 g/mol. The first-order valence-electron chi connectivity index (χ1n) is 10.9. The van der Waals surface area contributed by atoms with E-state index in [0.29, 0.717) is 30.3 Å². The number of carbonyl (C=O) groups excluding carboxylic acids is 2. The molecule has 6 nitrogen and oxygen atoms in total. The molecule has 1 amide bonds. The van der Waals surface area contributed by atoms with Crippen LogP contribution in [0.25, 0.3) is 0 Å². The number of Topliss-reactive ketones (excluding diaryl/α,β-unsaturated/α-hetero) is 1. The van der Waals surface area contributed by atoms with E-state index in [0.717, 1.165) is 43.5 Å². The zero-order valence-electron chi connectivity index (χ0n) is 18.3. The second kappa shape index (κ2) is 11.1. The number of aliphatic hydroxyl groups excluding tert-OH is 1. The topological polar surface area (TPSA) is 78.9 Å². The molecule has 2 aromatic rings. The minimum Gasteiger partial charge on any atom is -0.497 e. The SMILES string of the molecule is COc1cccc(CN(CCC(=O)Nc2ccc(C(C)=O)cc2)C2CCC(O)CC2)c1. The fourth-order valence-electron chi connectivity index (χ4n) is 4.08. The van der Waals surface area contributed by atoms with Gasteiger partial charge in [-0.2, -0.15) is 0 Å². The fourth-order valence-corrected chi connectivity index (χ4v) is 4.08. The summed E-state index contributed by atoms with van der Waals surface area (Å²) in [5.74, 6) is 0.772. The molecule has 0 spiro atoms. The Bertz CT molecular complexity index is 873. The average molecular weight is 425 g/mol. The Labute approximate surface area is 184 Å². The van der Waals surface area contributed by atoms with Crippen molar-refractivity contribution in [3.05, 3.63) is 59.7 Å². The zero-order chi connectivity index (χ0) is 22.2. The van der Waals surface area contributed by atoms with Crippen LogP contribution in [0.3, 0.4) is 0 Å². The van der Waals surface area contributed by atoms with Crippen molar-refractivity contribution in [2.45, 2.75) is 57.7 Å². The van der Waals surface area contributed by atoms with Crippen LogP contribution in [0, 0.1) is 0 Å². The van der Waals surface area contributed by atoms with Gasteiger partial charge in [0, 0.05) is 36.8 Å². The van der Waals surface area contributed by atoms with Crippen LogP contribution in [0.15, 0.2) is 48.5 Å². The number of aliphatic hydroxyl groups is 1. The molecule has 6 heteroatoms. The number of ketones is 1. The molecule has 0 heterocycles. The molecular formula is C25H32N2O4. The molecule has 0 aromatic heterocycles. The summed E-state index contributed by atoms with van der Waals surface area (Å²) >= 11 is 0. The number of hydrogen-bond donors (Lipinski definition) is 2. The monoisotopic (exact) mass is 424 g/mol. The van der Waals surface area contributed by atoms with Gasteiger partial charge in [0.2, 0.25) is 5.91 Å². The van der Waals surface area contributed by atoms with Gasteiger partial charge in [-0.25, -0.2) is 0 Å². The van der Waals surface area contributed by atoms with E-state index in [4.69, 9.17) is 4.74 Å². The predicted octanol–water partition coefficient (Wildman–Crippen LogP) is 4.03. The normalized spacial score (nSPS) is 18.6. The van der Waals surface area contributed by atoms with E-state index < -0.39 is 0 Å². The Morgan fingerprint density at radius 3 is 2.45 bits per heavy atom. The molecule has 31 heavy (non-hydrogen) atoms. The highest BCUT2D eigenvalue weighted by molar-refractivity contribution is 5.95. The molecule has 0 atom stereocenters.